The first-order valence-electron chi connectivity index (χ1n) is 9.56. The smallest absolute Gasteiger partial charge is 0.456 e. The zero-order valence-corrected chi connectivity index (χ0v) is 19.1. The summed E-state index contributed by atoms with van der Waals surface area (Å²) in [6.45, 7) is -0.679. The van der Waals surface area contributed by atoms with Gasteiger partial charge in [-0.2, -0.15) is 27.1 Å². The number of hydroxylamine groups is 2. The molecule has 0 spiro atoms. The standard InChI is InChI=1S/C18H17F5N6O5S/c1-4-35(31,32)15-13(14-24-6-5-11(29(14)27-15)16(30)28(2)33-3)10-7-26-12(8-25-10)34-9-17(19,20)18(21,22)23/h5-8H,4,9H2,1-3H3. The second-order valence-corrected chi connectivity index (χ2v) is 9.06. The Morgan fingerprint density at radius 1 is 1.14 bits per heavy atom. The van der Waals surface area contributed by atoms with E-state index in [4.69, 9.17) is 4.84 Å². The van der Waals surface area contributed by atoms with Gasteiger partial charge in [-0.25, -0.2) is 32.9 Å². The topological polar surface area (TPSA) is 129 Å². The minimum absolute atomic E-state index is 0.111. The maximum Gasteiger partial charge on any atom is 0.456 e. The summed E-state index contributed by atoms with van der Waals surface area (Å²) < 4.78 is 93.9. The molecule has 0 aliphatic carbocycles. The van der Waals surface area contributed by atoms with Crippen molar-refractivity contribution in [1.82, 2.24) is 29.6 Å². The third-order valence-corrected chi connectivity index (χ3v) is 6.28. The summed E-state index contributed by atoms with van der Waals surface area (Å²) in [6, 6.07) is 1.27. The molecule has 0 atom stereocenters. The zero-order valence-electron chi connectivity index (χ0n) is 18.2. The van der Waals surface area contributed by atoms with Gasteiger partial charge in [-0.15, -0.1) is 0 Å². The van der Waals surface area contributed by atoms with Crippen molar-refractivity contribution in [1.29, 1.82) is 0 Å². The molecule has 0 saturated carbocycles. The predicted octanol–water partition coefficient (Wildman–Crippen LogP) is 2.19. The first-order chi connectivity index (χ1) is 16.2. The van der Waals surface area contributed by atoms with Gasteiger partial charge in [0.05, 0.1) is 36.5 Å². The number of carbonyl (C=O) groups is 1. The Morgan fingerprint density at radius 2 is 1.83 bits per heavy atom. The van der Waals surface area contributed by atoms with E-state index in [1.54, 1.807) is 0 Å². The second kappa shape index (κ2) is 9.29. The summed E-state index contributed by atoms with van der Waals surface area (Å²) >= 11 is 0. The number of hydrogen-bond donors (Lipinski definition) is 0. The average molecular weight is 524 g/mol. The highest BCUT2D eigenvalue weighted by atomic mass is 32.2. The van der Waals surface area contributed by atoms with E-state index in [0.717, 1.165) is 22.0 Å². The van der Waals surface area contributed by atoms with Crippen LogP contribution in [0.15, 0.2) is 29.7 Å². The number of ether oxygens (including phenoxy) is 1. The Morgan fingerprint density at radius 3 is 2.37 bits per heavy atom. The number of carbonyl (C=O) groups excluding carboxylic acids is 1. The average Bonchev–Trinajstić information content (AvgIpc) is 3.22. The molecule has 17 heteroatoms. The SMILES string of the molecule is CCS(=O)(=O)c1nn2c(C(=O)N(C)OC)ccnc2c1-c1cnc(OCC(F)(F)C(F)(F)F)cn1. The highest BCUT2D eigenvalue weighted by Gasteiger charge is 2.58. The first kappa shape index (κ1) is 26.1. The molecule has 3 rings (SSSR count). The third-order valence-electron chi connectivity index (χ3n) is 4.64. The van der Waals surface area contributed by atoms with Crippen molar-refractivity contribution in [2.24, 2.45) is 0 Å². The molecule has 35 heavy (non-hydrogen) atoms. The fourth-order valence-corrected chi connectivity index (χ4v) is 3.66. The van der Waals surface area contributed by atoms with Gasteiger partial charge in [0.1, 0.15) is 5.69 Å². The van der Waals surface area contributed by atoms with Crippen LogP contribution in [0, 0.1) is 0 Å². The number of sulfone groups is 1. The van der Waals surface area contributed by atoms with Crippen molar-refractivity contribution in [2.75, 3.05) is 26.5 Å². The maximum atomic E-state index is 13.1. The van der Waals surface area contributed by atoms with Gasteiger partial charge in [-0.1, -0.05) is 6.92 Å². The fourth-order valence-electron chi connectivity index (χ4n) is 2.68. The molecule has 0 fully saturated rings. The van der Waals surface area contributed by atoms with Gasteiger partial charge >= 0.3 is 12.1 Å². The molecular formula is C18H17F5N6O5S. The molecule has 1 amide bonds. The first-order valence-corrected chi connectivity index (χ1v) is 11.2. The van der Waals surface area contributed by atoms with Crippen molar-refractivity contribution in [3.63, 3.8) is 0 Å². The van der Waals surface area contributed by atoms with E-state index in [1.807, 2.05) is 0 Å². The molecule has 190 valence electrons. The molecule has 0 bridgehead atoms. The van der Waals surface area contributed by atoms with Crippen molar-refractivity contribution in [3.8, 4) is 17.1 Å². The van der Waals surface area contributed by atoms with Gasteiger partial charge < -0.3 is 4.74 Å². The third kappa shape index (κ3) is 5.00. The van der Waals surface area contributed by atoms with E-state index >= 15 is 0 Å². The molecule has 0 unspecified atom stereocenters. The van der Waals surface area contributed by atoms with E-state index < -0.39 is 45.4 Å². The monoisotopic (exact) mass is 524 g/mol. The largest absolute Gasteiger partial charge is 0.470 e. The van der Waals surface area contributed by atoms with Crippen molar-refractivity contribution in [2.45, 2.75) is 24.0 Å². The lowest BCUT2D eigenvalue weighted by Gasteiger charge is -2.19. The normalized spacial score (nSPS) is 12.7. The van der Waals surface area contributed by atoms with E-state index in [0.29, 0.717) is 0 Å². The molecule has 0 saturated heterocycles. The highest BCUT2D eigenvalue weighted by Crippen LogP contribution is 2.36. The van der Waals surface area contributed by atoms with Crippen LogP contribution in [0.3, 0.4) is 0 Å². The quantitative estimate of drug-likeness (QED) is 0.322. The summed E-state index contributed by atoms with van der Waals surface area (Å²) in [5.41, 5.74) is -0.556. The van der Waals surface area contributed by atoms with Crippen LogP contribution >= 0.6 is 0 Å². The van der Waals surface area contributed by atoms with Gasteiger partial charge in [0, 0.05) is 13.2 Å². The number of alkyl halides is 5. The van der Waals surface area contributed by atoms with E-state index in [2.05, 4.69) is 24.8 Å². The van der Waals surface area contributed by atoms with Gasteiger partial charge in [0.2, 0.25) is 5.88 Å². The van der Waals surface area contributed by atoms with Crippen LogP contribution in [-0.4, -0.2) is 82.6 Å². The minimum Gasteiger partial charge on any atom is -0.470 e. The van der Waals surface area contributed by atoms with Crippen LogP contribution in [0.4, 0.5) is 22.0 Å². The van der Waals surface area contributed by atoms with Crippen LogP contribution in [0.1, 0.15) is 17.4 Å². The number of aromatic nitrogens is 5. The second-order valence-electron chi connectivity index (χ2n) is 6.87. The van der Waals surface area contributed by atoms with E-state index in [9.17, 15) is 35.2 Å². The molecule has 3 heterocycles. The number of halogens is 5. The summed E-state index contributed by atoms with van der Waals surface area (Å²) in [6.07, 6.45) is -2.98. The molecule has 0 N–H and O–H groups in total. The molecule has 0 aromatic carbocycles. The van der Waals surface area contributed by atoms with Crippen LogP contribution in [0.25, 0.3) is 16.9 Å². The fraction of sp³-hybridized carbons (Fsp3) is 0.389. The molecule has 3 aromatic heterocycles. The number of fused-ring (bicyclic) bond motifs is 1. The molecule has 3 aromatic rings. The Labute approximate surface area is 194 Å². The molecule has 0 aliphatic rings. The lowest BCUT2D eigenvalue weighted by Crippen LogP contribution is -2.41. The summed E-state index contributed by atoms with van der Waals surface area (Å²) in [5.74, 6) is -6.86. The highest BCUT2D eigenvalue weighted by molar-refractivity contribution is 7.91. The number of nitrogens with zero attached hydrogens (tertiary/aromatic N) is 6. The Kier molecular flexibility index (Phi) is 6.94. The molecule has 11 nitrogen and oxygen atoms in total. The van der Waals surface area contributed by atoms with E-state index in [1.165, 1.54) is 33.3 Å². The molecule has 0 aliphatic heterocycles. The molecule has 0 radical (unpaired) electrons. The maximum absolute atomic E-state index is 13.1. The van der Waals surface area contributed by atoms with Gasteiger partial charge in [-0.3, -0.25) is 9.63 Å². The van der Waals surface area contributed by atoms with Crippen LogP contribution in [-0.2, 0) is 14.7 Å². The Hall–Kier alpha value is -3.47. The minimum atomic E-state index is -5.82. The summed E-state index contributed by atoms with van der Waals surface area (Å²) in [5, 5.41) is 4.39. The van der Waals surface area contributed by atoms with Crippen molar-refractivity contribution >= 4 is 21.4 Å². The van der Waals surface area contributed by atoms with E-state index in [-0.39, 0.29) is 28.4 Å². The van der Waals surface area contributed by atoms with Crippen LogP contribution in [0.2, 0.25) is 0 Å². The Balaban J connectivity index is 2.09. The van der Waals surface area contributed by atoms with Gasteiger partial charge in [0.25, 0.3) is 5.91 Å². The molecular weight excluding hydrogens is 507 g/mol. The summed E-state index contributed by atoms with van der Waals surface area (Å²) in [7, 11) is -1.46. The van der Waals surface area contributed by atoms with Crippen molar-refractivity contribution in [3.05, 3.63) is 30.4 Å². The summed E-state index contributed by atoms with van der Waals surface area (Å²) in [4.78, 5) is 29.0. The van der Waals surface area contributed by atoms with Crippen molar-refractivity contribution < 1.29 is 44.7 Å². The van der Waals surface area contributed by atoms with Gasteiger partial charge in [0.15, 0.2) is 27.1 Å². The number of hydrogen-bond acceptors (Lipinski definition) is 9. The van der Waals surface area contributed by atoms with Crippen LogP contribution < -0.4 is 4.74 Å². The number of amides is 1. The number of rotatable bonds is 8. The zero-order chi connectivity index (χ0) is 26.2. The van der Waals surface area contributed by atoms with Gasteiger partial charge in [-0.05, 0) is 6.07 Å². The lowest BCUT2D eigenvalue weighted by molar-refractivity contribution is -0.290. The predicted molar refractivity (Wildman–Crippen MR) is 107 cm³/mol. The lowest BCUT2D eigenvalue weighted by atomic mass is 10.2. The Bertz CT molecular complexity index is 1340. The van der Waals surface area contributed by atoms with Crippen LogP contribution in [0.5, 0.6) is 5.88 Å².